The van der Waals surface area contributed by atoms with Gasteiger partial charge in [-0.2, -0.15) is 0 Å². The molecule has 0 atom stereocenters. The van der Waals surface area contributed by atoms with Crippen molar-refractivity contribution in [3.05, 3.63) is 0 Å². The lowest BCUT2D eigenvalue weighted by atomic mass is 10.3. The molecule has 0 amide bonds. The van der Waals surface area contributed by atoms with Gasteiger partial charge in [0.25, 0.3) is 0 Å². The Bertz CT molecular complexity index is 901. The zero-order valence-corrected chi connectivity index (χ0v) is 30.1. The number of esters is 4. The molecule has 0 aromatic heterocycles. The van der Waals surface area contributed by atoms with Crippen LogP contribution in [-0.4, -0.2) is 189 Å². The van der Waals surface area contributed by atoms with Crippen LogP contribution in [0.15, 0.2) is 0 Å². The smallest absolute Gasteiger partial charge is 0.307 e. The largest absolute Gasteiger partial charge is 0.466 e. The van der Waals surface area contributed by atoms with Gasteiger partial charge in [-0.15, -0.1) is 0 Å². The fraction of sp³-hybridized carbons (Fsp3) is 0.882. The molecule has 0 bridgehead atoms. The highest BCUT2D eigenvalue weighted by Crippen LogP contribution is 2.05. The standard InChI is InChI=1S/C34H62N4O11/c1-3-22-46-31(39)6-10-35(14-16-37-18-25-44-26-19-37)11-7-32(40)47-23-4-5-24-48-33(41)8-12-36(13-9-34(42)49-30-29-43-2)15-17-38-20-27-45-28-21-38/h3-30H2,1-2H3. The average Bonchev–Trinajstić information content (AvgIpc) is 3.12. The van der Waals surface area contributed by atoms with E-state index in [9.17, 15) is 19.2 Å². The Morgan fingerprint density at radius 3 is 1.27 bits per heavy atom. The predicted octanol–water partition coefficient (Wildman–Crippen LogP) is 0.825. The maximum Gasteiger partial charge on any atom is 0.307 e. The van der Waals surface area contributed by atoms with Crippen LogP contribution < -0.4 is 0 Å². The Morgan fingerprint density at radius 1 is 0.531 bits per heavy atom. The fourth-order valence-corrected chi connectivity index (χ4v) is 5.20. The van der Waals surface area contributed by atoms with Gasteiger partial charge in [0.15, 0.2) is 0 Å². The monoisotopic (exact) mass is 702 g/mol. The molecule has 0 aliphatic carbocycles. The Balaban J connectivity index is 1.61. The quantitative estimate of drug-likeness (QED) is 0.0644. The topological polar surface area (TPSA) is 146 Å². The molecular weight excluding hydrogens is 640 g/mol. The number of methoxy groups -OCH3 is 1. The van der Waals surface area contributed by atoms with Gasteiger partial charge in [0, 0.05) is 85.6 Å². The van der Waals surface area contributed by atoms with Crippen LogP contribution in [0, 0.1) is 0 Å². The second kappa shape index (κ2) is 28.3. The van der Waals surface area contributed by atoms with E-state index < -0.39 is 0 Å². The van der Waals surface area contributed by atoms with Gasteiger partial charge in [0.05, 0.1) is 78.5 Å². The molecule has 284 valence electrons. The second-order valence-electron chi connectivity index (χ2n) is 12.2. The molecule has 0 radical (unpaired) electrons. The SMILES string of the molecule is CCCOC(=O)CCN(CCC(=O)OCCCCOC(=O)CCN(CCC(=O)OCCOC)CCN1CCOCC1)CCN1CCOCC1. The first-order valence-electron chi connectivity index (χ1n) is 18.1. The van der Waals surface area contributed by atoms with Crippen LogP contribution in [0.4, 0.5) is 0 Å². The number of rotatable bonds is 28. The average molecular weight is 703 g/mol. The Morgan fingerprint density at radius 2 is 0.898 bits per heavy atom. The Kier molecular flexibility index (Phi) is 24.7. The summed E-state index contributed by atoms with van der Waals surface area (Å²) in [6.07, 6.45) is 2.92. The minimum Gasteiger partial charge on any atom is -0.466 e. The summed E-state index contributed by atoms with van der Waals surface area (Å²) >= 11 is 0. The molecule has 0 aromatic carbocycles. The van der Waals surface area contributed by atoms with Crippen LogP contribution in [0.1, 0.15) is 51.9 Å². The lowest BCUT2D eigenvalue weighted by molar-refractivity contribution is -0.147. The predicted molar refractivity (Wildman–Crippen MR) is 181 cm³/mol. The van der Waals surface area contributed by atoms with Gasteiger partial charge in [-0.05, 0) is 19.3 Å². The van der Waals surface area contributed by atoms with Crippen molar-refractivity contribution in [3.8, 4) is 0 Å². The van der Waals surface area contributed by atoms with Crippen molar-refractivity contribution in [2.24, 2.45) is 0 Å². The van der Waals surface area contributed by atoms with E-state index >= 15 is 0 Å². The minimum atomic E-state index is -0.299. The number of carbonyl (C=O) groups is 4. The molecule has 2 fully saturated rings. The van der Waals surface area contributed by atoms with Crippen LogP contribution in [0.2, 0.25) is 0 Å². The van der Waals surface area contributed by atoms with E-state index in [-0.39, 0.29) is 69.4 Å². The Labute approximate surface area is 292 Å². The Hall–Kier alpha value is -2.40. The van der Waals surface area contributed by atoms with E-state index in [0.717, 1.165) is 72.0 Å². The summed E-state index contributed by atoms with van der Waals surface area (Å²) in [7, 11) is 1.55. The second-order valence-corrected chi connectivity index (χ2v) is 12.2. The summed E-state index contributed by atoms with van der Waals surface area (Å²) in [5, 5.41) is 0. The van der Waals surface area contributed by atoms with Gasteiger partial charge >= 0.3 is 23.9 Å². The molecule has 0 spiro atoms. The van der Waals surface area contributed by atoms with Crippen molar-refractivity contribution in [2.45, 2.75) is 51.9 Å². The normalized spacial score (nSPS) is 15.8. The third-order valence-corrected chi connectivity index (χ3v) is 8.28. The summed E-state index contributed by atoms with van der Waals surface area (Å²) in [4.78, 5) is 57.8. The molecule has 2 saturated heterocycles. The molecular formula is C34H62N4O11. The molecule has 0 aromatic rings. The molecule has 2 aliphatic rings. The van der Waals surface area contributed by atoms with Crippen molar-refractivity contribution >= 4 is 23.9 Å². The zero-order chi connectivity index (χ0) is 35.4. The van der Waals surface area contributed by atoms with Crippen LogP contribution >= 0.6 is 0 Å². The third kappa shape index (κ3) is 22.8. The highest BCUT2D eigenvalue weighted by Gasteiger charge is 2.17. The van der Waals surface area contributed by atoms with E-state index in [1.807, 2.05) is 6.92 Å². The highest BCUT2D eigenvalue weighted by molar-refractivity contribution is 5.71. The third-order valence-electron chi connectivity index (χ3n) is 8.28. The zero-order valence-electron chi connectivity index (χ0n) is 30.1. The van der Waals surface area contributed by atoms with E-state index in [1.54, 1.807) is 7.11 Å². The van der Waals surface area contributed by atoms with Crippen LogP contribution in [0.3, 0.4) is 0 Å². The number of unbranched alkanes of at least 4 members (excludes halogenated alkanes) is 1. The molecule has 15 nitrogen and oxygen atoms in total. The molecule has 2 rings (SSSR count). The van der Waals surface area contributed by atoms with Crippen molar-refractivity contribution in [3.63, 3.8) is 0 Å². The summed E-state index contributed by atoms with van der Waals surface area (Å²) in [6.45, 7) is 15.0. The van der Waals surface area contributed by atoms with Crippen molar-refractivity contribution in [1.29, 1.82) is 0 Å². The number of morpholine rings is 2. The molecule has 15 heteroatoms. The van der Waals surface area contributed by atoms with Crippen LogP contribution in [-0.2, 0) is 52.3 Å². The van der Waals surface area contributed by atoms with Gasteiger partial charge in [0.2, 0.25) is 0 Å². The number of hydrogen-bond donors (Lipinski definition) is 0. The van der Waals surface area contributed by atoms with Gasteiger partial charge in [0.1, 0.15) is 6.61 Å². The van der Waals surface area contributed by atoms with Gasteiger partial charge in [-0.3, -0.25) is 29.0 Å². The van der Waals surface area contributed by atoms with E-state index in [2.05, 4.69) is 19.6 Å². The van der Waals surface area contributed by atoms with Gasteiger partial charge < -0.3 is 43.0 Å². The van der Waals surface area contributed by atoms with Gasteiger partial charge in [-0.1, -0.05) is 6.92 Å². The first-order chi connectivity index (χ1) is 23.9. The van der Waals surface area contributed by atoms with Crippen LogP contribution in [0.5, 0.6) is 0 Å². The molecule has 2 aliphatic heterocycles. The van der Waals surface area contributed by atoms with Crippen molar-refractivity contribution in [1.82, 2.24) is 19.6 Å². The summed E-state index contributed by atoms with van der Waals surface area (Å²) in [6, 6.07) is 0. The number of nitrogens with zero attached hydrogens (tertiary/aromatic N) is 4. The summed E-state index contributed by atoms with van der Waals surface area (Å²) in [5.41, 5.74) is 0. The lowest BCUT2D eigenvalue weighted by Crippen LogP contribution is -2.42. The highest BCUT2D eigenvalue weighted by atomic mass is 16.6. The minimum absolute atomic E-state index is 0.217. The molecule has 0 saturated carbocycles. The first kappa shape index (κ1) is 42.8. The number of hydrogen-bond acceptors (Lipinski definition) is 15. The van der Waals surface area contributed by atoms with E-state index in [1.165, 1.54) is 0 Å². The van der Waals surface area contributed by atoms with Crippen molar-refractivity contribution < 1.29 is 52.3 Å². The van der Waals surface area contributed by atoms with Gasteiger partial charge in [-0.25, -0.2) is 0 Å². The molecule has 0 unspecified atom stereocenters. The summed E-state index contributed by atoms with van der Waals surface area (Å²) in [5.74, 6) is -1.10. The lowest BCUT2D eigenvalue weighted by Gasteiger charge is -2.29. The summed E-state index contributed by atoms with van der Waals surface area (Å²) < 4.78 is 37.0. The maximum atomic E-state index is 12.4. The number of ether oxygens (including phenoxy) is 7. The fourth-order valence-electron chi connectivity index (χ4n) is 5.20. The first-order valence-corrected chi connectivity index (χ1v) is 18.1. The molecule has 2 heterocycles. The van der Waals surface area contributed by atoms with E-state index in [4.69, 9.17) is 33.2 Å². The van der Waals surface area contributed by atoms with Crippen molar-refractivity contribution in [2.75, 3.05) is 145 Å². The van der Waals surface area contributed by atoms with Crippen LogP contribution in [0.25, 0.3) is 0 Å². The van der Waals surface area contributed by atoms with E-state index in [0.29, 0.717) is 65.4 Å². The number of carbonyl (C=O) groups excluding carboxylic acids is 4. The maximum absolute atomic E-state index is 12.4. The molecule has 0 N–H and O–H groups in total. The molecule has 49 heavy (non-hydrogen) atoms.